The molecular weight excluding hydrogens is 1190 g/mol. The third kappa shape index (κ3) is 12.3. The molecule has 8 aromatic carbocycles. The van der Waals surface area contributed by atoms with E-state index in [1.165, 1.54) is 24.3 Å². The molecule has 0 aliphatic rings. The van der Waals surface area contributed by atoms with Crippen LogP contribution < -0.4 is 9.47 Å². The van der Waals surface area contributed by atoms with E-state index in [9.17, 15) is 60.7 Å². The first-order chi connectivity index (χ1) is 38.8. The van der Waals surface area contributed by atoms with Gasteiger partial charge in [0.25, 0.3) is 0 Å². The molecule has 0 aromatic heterocycles. The average Bonchev–Trinajstić information content (AvgIpc) is 3.48. The van der Waals surface area contributed by atoms with Crippen LogP contribution in [0.4, 0.5) is 0 Å². The molecular formula is C60H58O17S6. The van der Waals surface area contributed by atoms with Gasteiger partial charge in [0.2, 0.25) is 59.0 Å². The summed E-state index contributed by atoms with van der Waals surface area (Å²) in [6.07, 6.45) is 0. The van der Waals surface area contributed by atoms with Crippen LogP contribution in [0.25, 0.3) is 0 Å². The zero-order chi connectivity index (χ0) is 60.8. The van der Waals surface area contributed by atoms with E-state index >= 15 is 0 Å². The van der Waals surface area contributed by atoms with Gasteiger partial charge in [-0.15, -0.1) is 0 Å². The molecule has 436 valence electrons. The van der Waals surface area contributed by atoms with Crippen LogP contribution in [0, 0.1) is 55.4 Å². The van der Waals surface area contributed by atoms with Gasteiger partial charge in [-0.2, -0.15) is 0 Å². The minimum absolute atomic E-state index is 0.152. The molecule has 0 aliphatic carbocycles. The Labute approximate surface area is 484 Å². The number of hydrogen-bond donors (Lipinski definition) is 2. The summed E-state index contributed by atoms with van der Waals surface area (Å²) in [5, 5.41) is 21.5. The van der Waals surface area contributed by atoms with E-state index < -0.39 is 110 Å². The fourth-order valence-corrected chi connectivity index (χ4v) is 18.8. The number of benzene rings is 8. The molecule has 0 bridgehead atoms. The molecule has 0 fully saturated rings. The van der Waals surface area contributed by atoms with Gasteiger partial charge in [-0.3, -0.25) is 0 Å². The Morgan fingerprint density at radius 1 is 0.277 bits per heavy atom. The van der Waals surface area contributed by atoms with E-state index in [-0.39, 0.29) is 57.5 Å². The minimum atomic E-state index is -4.70. The standard InChI is InChI=1S/C60H58O17S6/c1-37-9-21-53(41(5)29-37)80(67,68)57-33-45(13-17-49(57)61)78(63,64)47-15-19-51(59(35-47)82(71,72)55-23-11-39(3)31-43(55)7)76-27-25-75-26-28-77-52-20-16-48(36-60(52)83(73,74)56-24-12-40(4)32-44(56)8)79(65,66)46-14-18-50(62)58(34-46)81(69,70)54-22-10-38(2)30-42(54)6/h9-24,29-36,61-62H,25-28H2,1-8H3. The lowest BCUT2D eigenvalue weighted by Gasteiger charge is -2.17. The zero-order valence-electron chi connectivity index (χ0n) is 46.2. The van der Waals surface area contributed by atoms with Gasteiger partial charge in [-0.05, 0) is 175 Å². The SMILES string of the molecule is Cc1ccc(S(=O)(=O)c2cc(S(=O)(=O)c3ccc(OCCOCCOc4ccc(S(=O)(=O)c5ccc(O)c(S(=O)(=O)c6ccc(C)cc6C)c5)cc4S(=O)(=O)c4ccc(C)cc4C)c(S(=O)(=O)c4ccc(C)cc4C)c3)ccc2O)c(C)c1. The molecule has 8 aromatic rings. The van der Waals surface area contributed by atoms with Crippen LogP contribution in [0.2, 0.25) is 0 Å². The largest absolute Gasteiger partial charge is 0.507 e. The normalized spacial score (nSPS) is 12.5. The highest BCUT2D eigenvalue weighted by molar-refractivity contribution is 7.93. The average molecular weight is 1240 g/mol. The van der Waals surface area contributed by atoms with Crippen molar-refractivity contribution in [2.24, 2.45) is 0 Å². The van der Waals surface area contributed by atoms with Crippen molar-refractivity contribution in [1.82, 2.24) is 0 Å². The van der Waals surface area contributed by atoms with Crippen LogP contribution in [0.15, 0.2) is 204 Å². The Kier molecular flexibility index (Phi) is 17.4. The molecule has 0 heterocycles. The molecule has 8 rings (SSSR count). The van der Waals surface area contributed by atoms with Crippen molar-refractivity contribution in [1.29, 1.82) is 0 Å². The number of rotatable bonds is 20. The number of aryl methyl sites for hydroxylation is 8. The Morgan fingerprint density at radius 3 is 0.807 bits per heavy atom. The van der Waals surface area contributed by atoms with E-state index in [1.807, 2.05) is 0 Å². The van der Waals surface area contributed by atoms with E-state index in [0.717, 1.165) is 95.1 Å². The number of aromatic hydroxyl groups is 2. The van der Waals surface area contributed by atoms with Gasteiger partial charge >= 0.3 is 0 Å². The summed E-state index contributed by atoms with van der Waals surface area (Å²) in [5.41, 5.74) is 4.48. The van der Waals surface area contributed by atoms with Crippen molar-refractivity contribution in [3.63, 3.8) is 0 Å². The maximum absolute atomic E-state index is 14.5. The number of sulfone groups is 6. The van der Waals surface area contributed by atoms with Gasteiger partial charge in [0.1, 0.15) is 55.8 Å². The number of phenolic OH excluding ortho intramolecular Hbond substituents is 2. The highest BCUT2D eigenvalue weighted by Gasteiger charge is 2.33. The van der Waals surface area contributed by atoms with Crippen LogP contribution in [-0.2, 0) is 63.8 Å². The fourth-order valence-electron chi connectivity index (χ4n) is 9.40. The Bertz CT molecular complexity index is 4340. The molecule has 0 unspecified atom stereocenters. The summed E-state index contributed by atoms with van der Waals surface area (Å²) in [4.78, 5) is -5.27. The van der Waals surface area contributed by atoms with E-state index in [0.29, 0.717) is 22.3 Å². The summed E-state index contributed by atoms with van der Waals surface area (Å²) in [7, 11) is -27.4. The zero-order valence-corrected chi connectivity index (χ0v) is 51.1. The molecule has 0 aliphatic heterocycles. The highest BCUT2D eigenvalue weighted by atomic mass is 32.2. The molecule has 0 saturated carbocycles. The molecule has 83 heavy (non-hydrogen) atoms. The summed E-state index contributed by atoms with van der Waals surface area (Å²) in [6.45, 7) is 12.2. The van der Waals surface area contributed by atoms with Crippen molar-refractivity contribution < 1.29 is 74.9 Å². The summed E-state index contributed by atoms with van der Waals surface area (Å²) in [6, 6.07) is 30.0. The van der Waals surface area contributed by atoms with Crippen LogP contribution in [-0.4, -0.2) is 87.1 Å². The molecule has 0 atom stereocenters. The Balaban J connectivity index is 1.04. The molecule has 0 spiro atoms. The van der Waals surface area contributed by atoms with Gasteiger partial charge in [-0.1, -0.05) is 70.8 Å². The van der Waals surface area contributed by atoms with E-state index in [1.54, 1.807) is 104 Å². The highest BCUT2D eigenvalue weighted by Crippen LogP contribution is 2.40. The van der Waals surface area contributed by atoms with E-state index in [2.05, 4.69) is 0 Å². The summed E-state index contributed by atoms with van der Waals surface area (Å²) < 4.78 is 188. The lowest BCUT2D eigenvalue weighted by molar-refractivity contribution is 0.0750. The molecule has 0 saturated heterocycles. The first-order valence-electron chi connectivity index (χ1n) is 25.4. The van der Waals surface area contributed by atoms with Crippen LogP contribution >= 0.6 is 0 Å². The molecule has 17 nitrogen and oxygen atoms in total. The maximum Gasteiger partial charge on any atom is 0.210 e. The summed E-state index contributed by atoms with van der Waals surface area (Å²) >= 11 is 0. The molecule has 0 radical (unpaired) electrons. The number of ether oxygens (including phenoxy) is 3. The predicted octanol–water partition coefficient (Wildman–Crippen LogP) is 10.0. The smallest absolute Gasteiger partial charge is 0.210 e. The van der Waals surface area contributed by atoms with E-state index in [4.69, 9.17) is 14.2 Å². The number of hydrogen-bond acceptors (Lipinski definition) is 17. The second kappa shape index (κ2) is 23.3. The van der Waals surface area contributed by atoms with Gasteiger partial charge in [-0.25, -0.2) is 50.5 Å². The van der Waals surface area contributed by atoms with Crippen molar-refractivity contribution >= 4 is 59.0 Å². The van der Waals surface area contributed by atoms with Gasteiger partial charge in [0.15, 0.2) is 0 Å². The summed E-state index contributed by atoms with van der Waals surface area (Å²) in [5.74, 6) is -1.95. The first kappa shape index (κ1) is 61.7. The Hall–Kier alpha value is -7.38. The number of phenols is 2. The van der Waals surface area contributed by atoms with Crippen molar-refractivity contribution in [3.05, 3.63) is 190 Å². The quantitative estimate of drug-likeness (QED) is 0.0671. The lowest BCUT2D eigenvalue weighted by Crippen LogP contribution is -2.15. The second-order valence-electron chi connectivity index (χ2n) is 19.9. The Morgan fingerprint density at radius 2 is 0.530 bits per heavy atom. The third-order valence-corrected chi connectivity index (χ3v) is 24.8. The topological polar surface area (TPSA) is 273 Å². The minimum Gasteiger partial charge on any atom is -0.507 e. The second-order valence-corrected chi connectivity index (χ2v) is 31.3. The predicted molar refractivity (Wildman–Crippen MR) is 307 cm³/mol. The molecule has 23 heteroatoms. The van der Waals surface area contributed by atoms with Crippen LogP contribution in [0.3, 0.4) is 0 Å². The van der Waals surface area contributed by atoms with Crippen LogP contribution in [0.5, 0.6) is 23.0 Å². The monoisotopic (exact) mass is 1240 g/mol. The van der Waals surface area contributed by atoms with Gasteiger partial charge in [0, 0.05) is 0 Å². The van der Waals surface area contributed by atoms with Crippen LogP contribution in [0.1, 0.15) is 44.5 Å². The van der Waals surface area contributed by atoms with Crippen molar-refractivity contribution in [2.45, 2.75) is 114 Å². The molecule has 0 amide bonds. The van der Waals surface area contributed by atoms with Gasteiger partial charge in [0.05, 0.1) is 52.4 Å². The maximum atomic E-state index is 14.5. The fraction of sp³-hybridized carbons (Fsp3) is 0.200. The molecule has 2 N–H and O–H groups in total. The first-order valence-corrected chi connectivity index (χ1v) is 34.3. The van der Waals surface area contributed by atoms with Crippen molar-refractivity contribution in [3.8, 4) is 23.0 Å². The van der Waals surface area contributed by atoms with Crippen molar-refractivity contribution in [2.75, 3.05) is 26.4 Å². The lowest BCUT2D eigenvalue weighted by atomic mass is 10.2. The van der Waals surface area contributed by atoms with Gasteiger partial charge < -0.3 is 24.4 Å². The third-order valence-electron chi connectivity index (χ3n) is 13.5.